The fourth-order valence-corrected chi connectivity index (χ4v) is 3.18. The second-order valence-electron chi connectivity index (χ2n) is 6.20. The maximum absolute atomic E-state index is 13.0. The van der Waals surface area contributed by atoms with Crippen molar-refractivity contribution in [2.75, 3.05) is 33.2 Å². The molecular weight excluding hydrogens is 234 g/mol. The van der Waals surface area contributed by atoms with Crippen molar-refractivity contribution in [3.8, 4) is 0 Å². The van der Waals surface area contributed by atoms with Crippen LogP contribution in [-0.2, 0) is 0 Å². The Bertz CT molecular complexity index is 250. The Hall–Kier alpha value is -0.220. The number of nitrogens with zero attached hydrogens (tertiary/aromatic N) is 1. The molecule has 0 amide bonds. The van der Waals surface area contributed by atoms with Crippen LogP contribution >= 0.6 is 0 Å². The summed E-state index contributed by atoms with van der Waals surface area (Å²) >= 11 is 0. The van der Waals surface area contributed by atoms with Gasteiger partial charge in [-0.25, -0.2) is 8.78 Å². The molecule has 1 aliphatic heterocycles. The van der Waals surface area contributed by atoms with Gasteiger partial charge >= 0.3 is 0 Å². The Morgan fingerprint density at radius 3 is 2.50 bits per heavy atom. The van der Waals surface area contributed by atoms with Gasteiger partial charge in [0.25, 0.3) is 0 Å². The lowest BCUT2D eigenvalue weighted by Crippen LogP contribution is -2.32. The lowest BCUT2D eigenvalue weighted by Gasteiger charge is -2.29. The highest BCUT2D eigenvalue weighted by Crippen LogP contribution is 2.38. The summed E-state index contributed by atoms with van der Waals surface area (Å²) in [7, 11) is 2.18. The molecule has 2 rings (SSSR count). The molecular formula is C14H26F2N2. The summed E-state index contributed by atoms with van der Waals surface area (Å²) in [5.41, 5.74) is 0. The van der Waals surface area contributed by atoms with Crippen LogP contribution in [0.1, 0.15) is 38.5 Å². The van der Waals surface area contributed by atoms with Crippen LogP contribution in [0.15, 0.2) is 0 Å². The van der Waals surface area contributed by atoms with Gasteiger partial charge in [0.1, 0.15) is 0 Å². The van der Waals surface area contributed by atoms with Gasteiger partial charge in [-0.2, -0.15) is 0 Å². The molecule has 0 bridgehead atoms. The number of piperidine rings is 1. The molecule has 2 aliphatic rings. The highest BCUT2D eigenvalue weighted by molar-refractivity contribution is 4.82. The minimum Gasteiger partial charge on any atom is -0.316 e. The van der Waals surface area contributed by atoms with Crippen molar-refractivity contribution < 1.29 is 8.78 Å². The van der Waals surface area contributed by atoms with E-state index in [2.05, 4.69) is 17.3 Å². The first kappa shape index (κ1) is 14.2. The van der Waals surface area contributed by atoms with Gasteiger partial charge < -0.3 is 10.2 Å². The second-order valence-corrected chi connectivity index (χ2v) is 6.20. The van der Waals surface area contributed by atoms with E-state index in [-0.39, 0.29) is 18.8 Å². The number of nitrogens with one attached hydrogen (secondary N) is 1. The highest BCUT2D eigenvalue weighted by atomic mass is 19.3. The highest BCUT2D eigenvalue weighted by Gasteiger charge is 2.38. The molecule has 2 fully saturated rings. The SMILES string of the molecule is CN1CCC(CCNCC2CCC(F)(F)C2)CC1. The average Bonchev–Trinajstić information content (AvgIpc) is 2.67. The lowest BCUT2D eigenvalue weighted by atomic mass is 9.94. The quantitative estimate of drug-likeness (QED) is 0.765. The zero-order valence-electron chi connectivity index (χ0n) is 11.4. The van der Waals surface area contributed by atoms with Crippen LogP contribution in [0.4, 0.5) is 8.78 Å². The first-order chi connectivity index (χ1) is 8.55. The van der Waals surface area contributed by atoms with E-state index in [0.717, 1.165) is 19.0 Å². The van der Waals surface area contributed by atoms with Crippen LogP contribution in [0.5, 0.6) is 0 Å². The summed E-state index contributed by atoms with van der Waals surface area (Å²) < 4.78 is 26.0. The topological polar surface area (TPSA) is 15.3 Å². The zero-order chi connectivity index (χ0) is 13.0. The molecule has 0 spiro atoms. The summed E-state index contributed by atoms with van der Waals surface area (Å²) in [5.74, 6) is -1.36. The van der Waals surface area contributed by atoms with E-state index < -0.39 is 5.92 Å². The molecule has 1 saturated carbocycles. The lowest BCUT2D eigenvalue weighted by molar-refractivity contribution is 0.00507. The summed E-state index contributed by atoms with van der Waals surface area (Å²) in [5, 5.41) is 3.38. The molecule has 2 nitrogen and oxygen atoms in total. The van der Waals surface area contributed by atoms with E-state index in [4.69, 9.17) is 0 Å². The Balaban J connectivity index is 1.51. The third kappa shape index (κ3) is 4.47. The van der Waals surface area contributed by atoms with Crippen molar-refractivity contribution >= 4 is 0 Å². The van der Waals surface area contributed by atoms with Gasteiger partial charge in [-0.05, 0) is 70.7 Å². The van der Waals surface area contributed by atoms with E-state index >= 15 is 0 Å². The monoisotopic (exact) mass is 260 g/mol. The Kier molecular flexibility index (Phi) is 4.96. The Morgan fingerprint density at radius 2 is 1.89 bits per heavy atom. The second kappa shape index (κ2) is 6.29. The average molecular weight is 260 g/mol. The molecule has 0 aromatic carbocycles. The van der Waals surface area contributed by atoms with E-state index in [9.17, 15) is 8.78 Å². The fraction of sp³-hybridized carbons (Fsp3) is 1.00. The number of alkyl halides is 2. The minimum atomic E-state index is -2.39. The van der Waals surface area contributed by atoms with E-state index in [0.29, 0.717) is 6.42 Å². The molecule has 1 aliphatic carbocycles. The van der Waals surface area contributed by atoms with Crippen LogP contribution in [-0.4, -0.2) is 44.0 Å². The van der Waals surface area contributed by atoms with Crippen molar-refractivity contribution in [3.63, 3.8) is 0 Å². The van der Waals surface area contributed by atoms with Crippen molar-refractivity contribution in [3.05, 3.63) is 0 Å². The molecule has 106 valence electrons. The number of halogens is 2. The van der Waals surface area contributed by atoms with Gasteiger partial charge in [0.05, 0.1) is 0 Å². The zero-order valence-corrected chi connectivity index (χ0v) is 11.4. The summed E-state index contributed by atoms with van der Waals surface area (Å²) in [6, 6.07) is 0. The molecule has 1 N–H and O–H groups in total. The Labute approximate surface area is 109 Å². The fourth-order valence-electron chi connectivity index (χ4n) is 3.18. The normalized spacial score (nSPS) is 29.8. The smallest absolute Gasteiger partial charge is 0.248 e. The minimum absolute atomic E-state index is 0.0915. The molecule has 0 aromatic rings. The van der Waals surface area contributed by atoms with Crippen LogP contribution < -0.4 is 5.32 Å². The van der Waals surface area contributed by atoms with Crippen molar-refractivity contribution in [2.24, 2.45) is 11.8 Å². The van der Waals surface area contributed by atoms with Gasteiger partial charge in [0.2, 0.25) is 5.92 Å². The summed E-state index contributed by atoms with van der Waals surface area (Å²) in [4.78, 5) is 2.38. The van der Waals surface area contributed by atoms with E-state index in [1.807, 2.05) is 0 Å². The predicted molar refractivity (Wildman–Crippen MR) is 70.0 cm³/mol. The molecule has 1 saturated heterocycles. The third-order valence-corrected chi connectivity index (χ3v) is 4.51. The van der Waals surface area contributed by atoms with Gasteiger partial charge in [-0.1, -0.05) is 0 Å². The Morgan fingerprint density at radius 1 is 1.17 bits per heavy atom. The standard InChI is InChI=1S/C14H26F2N2/c1-18-8-4-12(5-9-18)3-7-17-11-13-2-6-14(15,16)10-13/h12-13,17H,2-11H2,1H3. The van der Waals surface area contributed by atoms with Crippen LogP contribution in [0.25, 0.3) is 0 Å². The number of hydrogen-bond acceptors (Lipinski definition) is 2. The molecule has 1 heterocycles. The van der Waals surface area contributed by atoms with E-state index in [1.54, 1.807) is 0 Å². The number of rotatable bonds is 5. The number of likely N-dealkylation sites (tertiary alicyclic amines) is 1. The summed E-state index contributed by atoms with van der Waals surface area (Å²) in [6.45, 7) is 4.19. The first-order valence-electron chi connectivity index (χ1n) is 7.32. The predicted octanol–water partition coefficient (Wildman–Crippen LogP) is 2.74. The maximum atomic E-state index is 13.0. The van der Waals surface area contributed by atoms with Crippen molar-refractivity contribution in [1.29, 1.82) is 0 Å². The molecule has 0 aromatic heterocycles. The van der Waals surface area contributed by atoms with Gasteiger partial charge in [-0.15, -0.1) is 0 Å². The van der Waals surface area contributed by atoms with Gasteiger partial charge in [0.15, 0.2) is 0 Å². The van der Waals surface area contributed by atoms with Crippen molar-refractivity contribution in [2.45, 2.75) is 44.4 Å². The molecule has 18 heavy (non-hydrogen) atoms. The van der Waals surface area contributed by atoms with Crippen LogP contribution in [0.2, 0.25) is 0 Å². The first-order valence-corrected chi connectivity index (χ1v) is 7.32. The molecule has 1 unspecified atom stereocenters. The van der Waals surface area contributed by atoms with Crippen LogP contribution in [0.3, 0.4) is 0 Å². The maximum Gasteiger partial charge on any atom is 0.248 e. The van der Waals surface area contributed by atoms with Crippen molar-refractivity contribution in [1.82, 2.24) is 10.2 Å². The summed E-state index contributed by atoms with van der Waals surface area (Å²) in [6.07, 6.45) is 4.66. The van der Waals surface area contributed by atoms with E-state index in [1.165, 1.54) is 32.4 Å². The third-order valence-electron chi connectivity index (χ3n) is 4.51. The number of hydrogen-bond donors (Lipinski definition) is 1. The van der Waals surface area contributed by atoms with Crippen LogP contribution in [0, 0.1) is 11.8 Å². The van der Waals surface area contributed by atoms with Gasteiger partial charge in [-0.3, -0.25) is 0 Å². The molecule has 4 heteroatoms. The largest absolute Gasteiger partial charge is 0.316 e. The van der Waals surface area contributed by atoms with Gasteiger partial charge in [0, 0.05) is 12.8 Å². The molecule has 1 atom stereocenters. The molecule has 0 radical (unpaired) electrons.